The second kappa shape index (κ2) is 10.5. The van der Waals surface area contributed by atoms with Crippen LogP contribution < -0.4 is 11.1 Å². The number of amides is 2. The van der Waals surface area contributed by atoms with Crippen LogP contribution in [-0.2, 0) is 15.0 Å². The quantitative estimate of drug-likeness (QED) is 0.761. The van der Waals surface area contributed by atoms with Crippen molar-refractivity contribution in [1.82, 2.24) is 10.2 Å². The third-order valence-electron chi connectivity index (χ3n) is 5.47. The molecule has 1 aliphatic heterocycles. The lowest BCUT2D eigenvalue weighted by Crippen LogP contribution is -2.52. The van der Waals surface area contributed by atoms with Crippen LogP contribution in [0.15, 0.2) is 30.3 Å². The molecule has 2 amide bonds. The summed E-state index contributed by atoms with van der Waals surface area (Å²) in [5, 5.41) is 2.86. The van der Waals surface area contributed by atoms with Crippen molar-refractivity contribution >= 4 is 24.2 Å². The van der Waals surface area contributed by atoms with Gasteiger partial charge in [-0.25, -0.2) is 0 Å². The predicted molar refractivity (Wildman–Crippen MR) is 107 cm³/mol. The molecule has 26 heavy (non-hydrogen) atoms. The normalized spacial score (nSPS) is 17.3. The minimum atomic E-state index is -0.503. The van der Waals surface area contributed by atoms with Gasteiger partial charge in [0.15, 0.2) is 0 Å². The van der Waals surface area contributed by atoms with Gasteiger partial charge in [0.2, 0.25) is 11.8 Å². The number of nitrogens with two attached hydrogens (primary N) is 1. The Bertz CT molecular complexity index is 576. The zero-order chi connectivity index (χ0) is 18.3. The molecular weight excluding hydrogens is 350 g/mol. The Labute approximate surface area is 163 Å². The van der Waals surface area contributed by atoms with Crippen molar-refractivity contribution in [2.24, 2.45) is 11.7 Å². The van der Waals surface area contributed by atoms with Crippen LogP contribution in [0.1, 0.15) is 45.1 Å². The first-order chi connectivity index (χ1) is 12.1. The second-order valence-electron chi connectivity index (χ2n) is 6.83. The van der Waals surface area contributed by atoms with Gasteiger partial charge in [0.05, 0.1) is 11.3 Å². The second-order valence-corrected chi connectivity index (χ2v) is 6.83. The van der Waals surface area contributed by atoms with E-state index in [1.807, 2.05) is 35.2 Å². The van der Waals surface area contributed by atoms with Gasteiger partial charge >= 0.3 is 0 Å². The lowest BCUT2D eigenvalue weighted by molar-refractivity contribution is -0.141. The monoisotopic (exact) mass is 381 g/mol. The number of nitrogens with zero attached hydrogens (tertiary/aromatic N) is 1. The molecule has 0 bridgehead atoms. The van der Waals surface area contributed by atoms with Crippen molar-refractivity contribution in [1.29, 1.82) is 0 Å². The summed E-state index contributed by atoms with van der Waals surface area (Å²) in [6.07, 6.45) is 3.21. The summed E-state index contributed by atoms with van der Waals surface area (Å²) in [5.41, 5.74) is 6.03. The van der Waals surface area contributed by atoms with E-state index in [2.05, 4.69) is 19.2 Å². The van der Waals surface area contributed by atoms with E-state index in [4.69, 9.17) is 5.73 Å². The smallest absolute Gasteiger partial charge is 0.233 e. The fraction of sp³-hybridized carbons (Fsp3) is 0.600. The maximum Gasteiger partial charge on any atom is 0.233 e. The Hall–Kier alpha value is -1.59. The molecule has 1 aromatic rings. The largest absolute Gasteiger partial charge is 0.355 e. The third kappa shape index (κ3) is 4.77. The van der Waals surface area contributed by atoms with Gasteiger partial charge in [-0.1, -0.05) is 44.2 Å². The topological polar surface area (TPSA) is 75.4 Å². The molecule has 0 saturated carbocycles. The van der Waals surface area contributed by atoms with E-state index in [1.54, 1.807) is 0 Å². The maximum absolute atomic E-state index is 13.4. The number of likely N-dealkylation sites (tertiary alicyclic amines) is 1. The average molecular weight is 382 g/mol. The third-order valence-corrected chi connectivity index (χ3v) is 5.47. The van der Waals surface area contributed by atoms with E-state index < -0.39 is 5.41 Å². The molecular formula is C20H32ClN3O2. The summed E-state index contributed by atoms with van der Waals surface area (Å²) in [6, 6.07) is 10.0. The van der Waals surface area contributed by atoms with Gasteiger partial charge in [-0.2, -0.15) is 0 Å². The number of halogens is 1. The molecule has 1 unspecified atom stereocenters. The van der Waals surface area contributed by atoms with Crippen molar-refractivity contribution in [3.05, 3.63) is 35.9 Å². The number of rotatable bonds is 7. The van der Waals surface area contributed by atoms with Crippen molar-refractivity contribution in [2.45, 2.75) is 44.9 Å². The molecule has 1 atom stereocenters. The summed E-state index contributed by atoms with van der Waals surface area (Å²) in [5.74, 6) is 0.0349. The molecule has 0 spiro atoms. The molecule has 1 saturated heterocycles. The van der Waals surface area contributed by atoms with Gasteiger partial charge in [0.25, 0.3) is 0 Å². The molecule has 1 fully saturated rings. The van der Waals surface area contributed by atoms with Crippen molar-refractivity contribution in [2.75, 3.05) is 26.2 Å². The average Bonchev–Trinajstić information content (AvgIpc) is 2.68. The summed E-state index contributed by atoms with van der Waals surface area (Å²) in [7, 11) is 0. The van der Waals surface area contributed by atoms with Crippen LogP contribution in [0.4, 0.5) is 0 Å². The minimum Gasteiger partial charge on any atom is -0.355 e. The SMILES string of the molecule is CCC(CC)(C(=O)N1CCCC(C(=O)NCCN)C1)c1ccccc1.Cl. The van der Waals surface area contributed by atoms with Gasteiger partial charge in [0, 0.05) is 26.2 Å². The van der Waals surface area contributed by atoms with Gasteiger partial charge in [0.1, 0.15) is 0 Å². The molecule has 0 radical (unpaired) electrons. The summed E-state index contributed by atoms with van der Waals surface area (Å²) in [4.78, 5) is 27.6. The zero-order valence-electron chi connectivity index (χ0n) is 15.9. The molecule has 2 rings (SSSR count). The van der Waals surface area contributed by atoms with Crippen LogP contribution in [0.5, 0.6) is 0 Å². The van der Waals surface area contributed by atoms with Gasteiger partial charge < -0.3 is 16.0 Å². The van der Waals surface area contributed by atoms with E-state index in [-0.39, 0.29) is 30.1 Å². The number of hydrogen-bond acceptors (Lipinski definition) is 3. The molecule has 0 aliphatic carbocycles. The predicted octanol–water partition coefficient (Wildman–Crippen LogP) is 2.48. The van der Waals surface area contributed by atoms with Crippen LogP contribution in [0.25, 0.3) is 0 Å². The van der Waals surface area contributed by atoms with Gasteiger partial charge in [-0.05, 0) is 31.2 Å². The first-order valence-corrected chi connectivity index (χ1v) is 9.41. The summed E-state index contributed by atoms with van der Waals surface area (Å²) in [6.45, 7) is 6.30. The number of piperidine rings is 1. The van der Waals surface area contributed by atoms with E-state index in [9.17, 15) is 9.59 Å². The van der Waals surface area contributed by atoms with Crippen LogP contribution in [0, 0.1) is 5.92 Å². The Morgan fingerprint density at radius 3 is 2.46 bits per heavy atom. The van der Waals surface area contributed by atoms with E-state index in [1.165, 1.54) is 0 Å². The fourth-order valence-electron chi connectivity index (χ4n) is 3.86. The Kier molecular flexibility index (Phi) is 9.09. The molecule has 1 aliphatic rings. The lowest BCUT2D eigenvalue weighted by Gasteiger charge is -2.40. The number of hydrogen-bond donors (Lipinski definition) is 2. The van der Waals surface area contributed by atoms with Crippen LogP contribution in [-0.4, -0.2) is 42.9 Å². The molecule has 5 nitrogen and oxygen atoms in total. The molecule has 1 aromatic carbocycles. The van der Waals surface area contributed by atoms with Gasteiger partial charge in [-0.3, -0.25) is 9.59 Å². The van der Waals surface area contributed by atoms with Crippen molar-refractivity contribution in [3.8, 4) is 0 Å². The minimum absolute atomic E-state index is 0. The molecule has 3 N–H and O–H groups in total. The highest BCUT2D eigenvalue weighted by Crippen LogP contribution is 2.35. The number of carbonyl (C=O) groups is 2. The van der Waals surface area contributed by atoms with Crippen LogP contribution in [0.2, 0.25) is 0 Å². The highest BCUT2D eigenvalue weighted by molar-refractivity contribution is 5.89. The molecule has 0 aromatic heterocycles. The standard InChI is InChI=1S/C20H31N3O2.ClH/c1-3-20(4-2,17-10-6-5-7-11-17)19(25)23-14-8-9-16(15-23)18(24)22-13-12-21;/h5-7,10-11,16H,3-4,8-9,12-15,21H2,1-2H3,(H,22,24);1H. The zero-order valence-corrected chi connectivity index (χ0v) is 16.7. The molecule has 146 valence electrons. The summed E-state index contributed by atoms with van der Waals surface area (Å²) >= 11 is 0. The van der Waals surface area contributed by atoms with Gasteiger partial charge in [-0.15, -0.1) is 12.4 Å². The number of carbonyl (C=O) groups excluding carboxylic acids is 2. The van der Waals surface area contributed by atoms with Crippen molar-refractivity contribution in [3.63, 3.8) is 0 Å². The highest BCUT2D eigenvalue weighted by atomic mass is 35.5. The Morgan fingerprint density at radius 1 is 1.23 bits per heavy atom. The van der Waals surface area contributed by atoms with Crippen LogP contribution >= 0.6 is 12.4 Å². The Morgan fingerprint density at radius 2 is 1.88 bits per heavy atom. The highest BCUT2D eigenvalue weighted by Gasteiger charge is 2.41. The molecule has 1 heterocycles. The van der Waals surface area contributed by atoms with E-state index in [0.29, 0.717) is 19.6 Å². The number of benzene rings is 1. The Balaban J connectivity index is 0.00000338. The molecule has 6 heteroatoms. The number of nitrogens with one attached hydrogen (secondary N) is 1. The fourth-order valence-corrected chi connectivity index (χ4v) is 3.86. The summed E-state index contributed by atoms with van der Waals surface area (Å²) < 4.78 is 0. The first-order valence-electron chi connectivity index (χ1n) is 9.41. The first kappa shape index (κ1) is 22.5. The van der Waals surface area contributed by atoms with E-state index >= 15 is 0 Å². The van der Waals surface area contributed by atoms with E-state index in [0.717, 1.165) is 37.8 Å². The maximum atomic E-state index is 13.4. The van der Waals surface area contributed by atoms with Crippen LogP contribution in [0.3, 0.4) is 0 Å². The van der Waals surface area contributed by atoms with Crippen molar-refractivity contribution < 1.29 is 9.59 Å². The lowest BCUT2D eigenvalue weighted by atomic mass is 9.74.